The molecule has 0 spiro atoms. The summed E-state index contributed by atoms with van der Waals surface area (Å²) in [5, 5.41) is 11.1. The van der Waals surface area contributed by atoms with Crippen molar-refractivity contribution in [1.29, 1.82) is 0 Å². The Morgan fingerprint density at radius 1 is 1.42 bits per heavy atom. The molecule has 1 aliphatic carbocycles. The molecule has 1 aromatic rings. The molecule has 1 fully saturated rings. The molecule has 0 N–H and O–H groups in total. The van der Waals surface area contributed by atoms with Crippen molar-refractivity contribution >= 4 is 21.6 Å². The average molecular weight is 328 g/mol. The van der Waals surface area contributed by atoms with Gasteiger partial charge in [0.05, 0.1) is 4.92 Å². The van der Waals surface area contributed by atoms with Crippen molar-refractivity contribution in [1.82, 2.24) is 0 Å². The van der Waals surface area contributed by atoms with Crippen LogP contribution in [0, 0.1) is 16.0 Å². The standard InChI is InChI=1S/C14H18BrNO3/c1-2-10-5-3-4-6-13(10)19-14-8-7-11(15)9-12(14)16(17)18/h7-10,13H,2-6H2,1H3. The number of benzene rings is 1. The molecule has 1 aromatic carbocycles. The average Bonchev–Trinajstić information content (AvgIpc) is 2.41. The van der Waals surface area contributed by atoms with Crippen molar-refractivity contribution in [2.24, 2.45) is 5.92 Å². The maximum Gasteiger partial charge on any atom is 0.312 e. The molecule has 0 bridgehead atoms. The van der Waals surface area contributed by atoms with Crippen LogP contribution in [-0.2, 0) is 0 Å². The van der Waals surface area contributed by atoms with E-state index in [1.54, 1.807) is 12.1 Å². The van der Waals surface area contributed by atoms with Gasteiger partial charge in [-0.3, -0.25) is 10.1 Å². The molecule has 2 rings (SSSR count). The summed E-state index contributed by atoms with van der Waals surface area (Å²) in [5.41, 5.74) is 0.0369. The maximum absolute atomic E-state index is 11.1. The van der Waals surface area contributed by atoms with Gasteiger partial charge in [0.2, 0.25) is 0 Å². The second-order valence-corrected chi connectivity index (χ2v) is 5.89. The fourth-order valence-corrected chi connectivity index (χ4v) is 3.04. The number of rotatable bonds is 4. The number of nitro benzene ring substituents is 1. The van der Waals surface area contributed by atoms with Gasteiger partial charge in [-0.2, -0.15) is 0 Å². The predicted octanol–water partition coefficient (Wildman–Crippen LogP) is 4.70. The van der Waals surface area contributed by atoms with Gasteiger partial charge in [-0.05, 0) is 43.7 Å². The van der Waals surface area contributed by atoms with Gasteiger partial charge < -0.3 is 4.74 Å². The quantitative estimate of drug-likeness (QED) is 0.594. The Labute approximate surface area is 121 Å². The first-order valence-electron chi connectivity index (χ1n) is 6.72. The Hall–Kier alpha value is -1.10. The Morgan fingerprint density at radius 2 is 2.16 bits per heavy atom. The van der Waals surface area contributed by atoms with Crippen LogP contribution in [-0.4, -0.2) is 11.0 Å². The summed E-state index contributed by atoms with van der Waals surface area (Å²) in [6.45, 7) is 2.16. The van der Waals surface area contributed by atoms with Crippen LogP contribution in [0.25, 0.3) is 0 Å². The third-order valence-electron chi connectivity index (χ3n) is 3.76. The minimum Gasteiger partial charge on any atom is -0.483 e. The third-order valence-corrected chi connectivity index (χ3v) is 4.25. The SMILES string of the molecule is CCC1CCCCC1Oc1ccc(Br)cc1[N+](=O)[O-]. The van der Waals surface area contributed by atoms with Crippen molar-refractivity contribution in [3.63, 3.8) is 0 Å². The molecule has 104 valence electrons. The second-order valence-electron chi connectivity index (χ2n) is 4.98. The Bertz CT molecular complexity index is 464. The van der Waals surface area contributed by atoms with E-state index in [4.69, 9.17) is 4.74 Å². The molecule has 2 unspecified atom stereocenters. The highest BCUT2D eigenvalue weighted by Gasteiger charge is 2.27. The first-order chi connectivity index (χ1) is 9.11. The lowest BCUT2D eigenvalue weighted by Crippen LogP contribution is -2.30. The van der Waals surface area contributed by atoms with Gasteiger partial charge in [-0.15, -0.1) is 0 Å². The van der Waals surface area contributed by atoms with Crippen LogP contribution in [0.5, 0.6) is 5.75 Å². The van der Waals surface area contributed by atoms with Gasteiger partial charge in [0, 0.05) is 10.5 Å². The van der Waals surface area contributed by atoms with E-state index in [-0.39, 0.29) is 16.7 Å². The van der Waals surface area contributed by atoms with Crippen LogP contribution in [0.4, 0.5) is 5.69 Å². The molecule has 0 aliphatic heterocycles. The van der Waals surface area contributed by atoms with E-state index in [1.165, 1.54) is 12.5 Å². The summed E-state index contributed by atoms with van der Waals surface area (Å²) in [7, 11) is 0. The molecular formula is C14H18BrNO3. The van der Waals surface area contributed by atoms with Crippen molar-refractivity contribution in [3.8, 4) is 5.75 Å². The van der Waals surface area contributed by atoms with E-state index in [0.29, 0.717) is 16.1 Å². The number of nitro groups is 1. The van der Waals surface area contributed by atoms with Gasteiger partial charge in [-0.25, -0.2) is 0 Å². The molecule has 2 atom stereocenters. The molecule has 0 radical (unpaired) electrons. The number of nitrogens with zero attached hydrogens (tertiary/aromatic N) is 1. The number of hydrogen-bond donors (Lipinski definition) is 0. The largest absolute Gasteiger partial charge is 0.483 e. The Kier molecular flexibility index (Phi) is 4.80. The van der Waals surface area contributed by atoms with Gasteiger partial charge in [0.25, 0.3) is 0 Å². The molecule has 5 heteroatoms. The zero-order chi connectivity index (χ0) is 13.8. The van der Waals surface area contributed by atoms with Crippen LogP contribution in [0.1, 0.15) is 39.0 Å². The normalized spacial score (nSPS) is 23.1. The highest BCUT2D eigenvalue weighted by atomic mass is 79.9. The lowest BCUT2D eigenvalue weighted by molar-refractivity contribution is -0.386. The van der Waals surface area contributed by atoms with Gasteiger partial charge in [0.1, 0.15) is 6.10 Å². The number of ether oxygens (including phenoxy) is 1. The van der Waals surface area contributed by atoms with E-state index in [0.717, 1.165) is 25.7 Å². The lowest BCUT2D eigenvalue weighted by atomic mass is 9.85. The van der Waals surface area contributed by atoms with Crippen molar-refractivity contribution in [2.75, 3.05) is 0 Å². The topological polar surface area (TPSA) is 52.4 Å². The van der Waals surface area contributed by atoms with E-state index >= 15 is 0 Å². The summed E-state index contributed by atoms with van der Waals surface area (Å²) in [6.07, 6.45) is 5.71. The fraction of sp³-hybridized carbons (Fsp3) is 0.571. The number of hydrogen-bond acceptors (Lipinski definition) is 3. The molecule has 0 saturated heterocycles. The summed E-state index contributed by atoms with van der Waals surface area (Å²) < 4.78 is 6.64. The summed E-state index contributed by atoms with van der Waals surface area (Å²) in [6, 6.07) is 4.97. The number of halogens is 1. The highest BCUT2D eigenvalue weighted by Crippen LogP contribution is 2.35. The van der Waals surface area contributed by atoms with Crippen LogP contribution < -0.4 is 4.74 Å². The highest BCUT2D eigenvalue weighted by molar-refractivity contribution is 9.10. The molecule has 0 heterocycles. The van der Waals surface area contributed by atoms with Crippen LogP contribution in [0.2, 0.25) is 0 Å². The fourth-order valence-electron chi connectivity index (χ4n) is 2.69. The van der Waals surface area contributed by atoms with Crippen molar-refractivity contribution in [3.05, 3.63) is 32.8 Å². The molecule has 4 nitrogen and oxygen atoms in total. The summed E-state index contributed by atoms with van der Waals surface area (Å²) >= 11 is 3.26. The van der Waals surface area contributed by atoms with Gasteiger partial charge in [0.15, 0.2) is 5.75 Å². The van der Waals surface area contributed by atoms with Crippen LogP contribution >= 0.6 is 15.9 Å². The van der Waals surface area contributed by atoms with Crippen LogP contribution in [0.3, 0.4) is 0 Å². The molecule has 0 aromatic heterocycles. The van der Waals surface area contributed by atoms with Crippen molar-refractivity contribution < 1.29 is 9.66 Å². The first kappa shape index (κ1) is 14.3. The zero-order valence-corrected chi connectivity index (χ0v) is 12.6. The monoisotopic (exact) mass is 327 g/mol. The van der Waals surface area contributed by atoms with E-state index in [2.05, 4.69) is 22.9 Å². The summed E-state index contributed by atoms with van der Waals surface area (Å²) in [4.78, 5) is 10.7. The van der Waals surface area contributed by atoms with E-state index in [1.807, 2.05) is 0 Å². The van der Waals surface area contributed by atoms with Crippen molar-refractivity contribution in [2.45, 2.75) is 45.1 Å². The third kappa shape index (κ3) is 3.47. The maximum atomic E-state index is 11.1. The summed E-state index contributed by atoms with van der Waals surface area (Å²) in [5.74, 6) is 0.899. The molecule has 1 aliphatic rings. The second kappa shape index (κ2) is 6.37. The van der Waals surface area contributed by atoms with E-state index < -0.39 is 0 Å². The Balaban J connectivity index is 2.20. The first-order valence-corrected chi connectivity index (χ1v) is 7.51. The minimum absolute atomic E-state index is 0.0369. The van der Waals surface area contributed by atoms with Gasteiger partial charge in [-0.1, -0.05) is 29.3 Å². The Morgan fingerprint density at radius 3 is 2.84 bits per heavy atom. The van der Waals surface area contributed by atoms with Crippen LogP contribution in [0.15, 0.2) is 22.7 Å². The zero-order valence-electron chi connectivity index (χ0n) is 11.0. The van der Waals surface area contributed by atoms with Gasteiger partial charge >= 0.3 is 5.69 Å². The molecular weight excluding hydrogens is 310 g/mol. The predicted molar refractivity (Wildman–Crippen MR) is 77.5 cm³/mol. The minimum atomic E-state index is -0.385. The molecule has 19 heavy (non-hydrogen) atoms. The van der Waals surface area contributed by atoms with E-state index in [9.17, 15) is 10.1 Å². The molecule has 1 saturated carbocycles. The smallest absolute Gasteiger partial charge is 0.312 e. The lowest BCUT2D eigenvalue weighted by Gasteiger charge is -2.31. The molecule has 0 amide bonds.